The summed E-state index contributed by atoms with van der Waals surface area (Å²) >= 11 is 13.4. The molecule has 0 saturated carbocycles. The van der Waals surface area contributed by atoms with E-state index < -0.39 is 23.4 Å². The third kappa shape index (κ3) is 4.03. The van der Waals surface area contributed by atoms with Crippen molar-refractivity contribution in [3.8, 4) is 0 Å². The Labute approximate surface area is 196 Å². The van der Waals surface area contributed by atoms with Gasteiger partial charge in [0.1, 0.15) is 11.9 Å². The van der Waals surface area contributed by atoms with Crippen LogP contribution >= 0.6 is 34.5 Å². The molecule has 2 heterocycles. The molecule has 1 aromatic heterocycles. The predicted octanol–water partition coefficient (Wildman–Crippen LogP) is 4.24. The van der Waals surface area contributed by atoms with Gasteiger partial charge in [0.15, 0.2) is 4.80 Å². The first-order valence-corrected chi connectivity index (χ1v) is 11.3. The van der Waals surface area contributed by atoms with E-state index in [2.05, 4.69) is 4.99 Å². The average molecular weight is 491 g/mol. The van der Waals surface area contributed by atoms with Gasteiger partial charge in [-0.05, 0) is 43.7 Å². The highest BCUT2D eigenvalue weighted by molar-refractivity contribution is 7.07. The summed E-state index contributed by atoms with van der Waals surface area (Å²) < 4.78 is 21.7. The molecule has 1 aliphatic heterocycles. The van der Waals surface area contributed by atoms with Crippen LogP contribution in [0.3, 0.4) is 0 Å². The van der Waals surface area contributed by atoms with Gasteiger partial charge in [-0.2, -0.15) is 0 Å². The monoisotopic (exact) mass is 490 g/mol. The zero-order chi connectivity index (χ0) is 23.0. The molecule has 2 aromatic carbocycles. The fraction of sp³-hybridized carbons (Fsp3) is 0.174. The Morgan fingerprint density at radius 2 is 2.03 bits per heavy atom. The molecule has 9 heteroatoms. The van der Waals surface area contributed by atoms with E-state index in [1.165, 1.54) is 10.6 Å². The molecule has 1 atom stereocenters. The molecule has 0 radical (unpaired) electrons. The van der Waals surface area contributed by atoms with E-state index in [9.17, 15) is 14.0 Å². The SMILES string of the molecule is CCOC(=O)C1=C(C)N=c2s/c(=C\c3ccc(Cl)cc3Cl)c(=O)n2C1c1ccccc1F. The molecular weight excluding hydrogens is 474 g/mol. The highest BCUT2D eigenvalue weighted by Crippen LogP contribution is 2.32. The van der Waals surface area contributed by atoms with Crippen LogP contribution in [0.5, 0.6) is 0 Å². The summed E-state index contributed by atoms with van der Waals surface area (Å²) in [4.78, 5) is 31.0. The Balaban J connectivity index is 1.99. The van der Waals surface area contributed by atoms with Gasteiger partial charge in [0, 0.05) is 15.6 Å². The van der Waals surface area contributed by atoms with E-state index in [0.29, 0.717) is 30.6 Å². The van der Waals surface area contributed by atoms with Crippen LogP contribution in [0.4, 0.5) is 4.39 Å². The molecule has 0 N–H and O–H groups in total. The standard InChI is InChI=1S/C23H17Cl2FN2O3S/c1-3-31-22(30)19-12(2)27-23-28(20(19)15-6-4-5-7-17(15)26)21(29)18(32-23)10-13-8-9-14(24)11-16(13)25/h4-11,20H,3H2,1-2H3/b18-10-. The molecule has 5 nitrogen and oxygen atoms in total. The quantitative estimate of drug-likeness (QED) is 0.513. The second-order valence-corrected chi connectivity index (χ2v) is 8.84. The summed E-state index contributed by atoms with van der Waals surface area (Å²) in [6.07, 6.45) is 1.63. The van der Waals surface area contributed by atoms with Crippen molar-refractivity contribution in [2.24, 2.45) is 4.99 Å². The summed E-state index contributed by atoms with van der Waals surface area (Å²) in [5.41, 5.74) is 0.865. The number of esters is 1. The van der Waals surface area contributed by atoms with Crippen LogP contribution < -0.4 is 14.9 Å². The van der Waals surface area contributed by atoms with Crippen LogP contribution in [-0.2, 0) is 9.53 Å². The minimum absolute atomic E-state index is 0.125. The van der Waals surface area contributed by atoms with E-state index in [4.69, 9.17) is 27.9 Å². The number of carbonyl (C=O) groups excluding carboxylic acids is 1. The normalized spacial score (nSPS) is 16.0. The molecule has 0 aliphatic carbocycles. The summed E-state index contributed by atoms with van der Waals surface area (Å²) in [6, 6.07) is 9.98. The third-order valence-corrected chi connectivity index (χ3v) is 6.51. The lowest BCUT2D eigenvalue weighted by molar-refractivity contribution is -0.139. The molecule has 0 fully saturated rings. The van der Waals surface area contributed by atoms with Crippen LogP contribution in [0.25, 0.3) is 6.08 Å². The van der Waals surface area contributed by atoms with Crippen molar-refractivity contribution in [3.05, 3.63) is 100 Å². The van der Waals surface area contributed by atoms with Gasteiger partial charge in [0.05, 0.1) is 22.4 Å². The number of rotatable bonds is 4. The van der Waals surface area contributed by atoms with Crippen molar-refractivity contribution in [1.82, 2.24) is 4.57 Å². The molecule has 4 rings (SSSR count). The molecule has 1 aliphatic rings. The van der Waals surface area contributed by atoms with Crippen molar-refractivity contribution in [2.75, 3.05) is 6.61 Å². The van der Waals surface area contributed by atoms with Gasteiger partial charge in [-0.25, -0.2) is 14.2 Å². The number of thiazole rings is 1. The van der Waals surface area contributed by atoms with Crippen LogP contribution in [-0.4, -0.2) is 17.1 Å². The minimum Gasteiger partial charge on any atom is -0.463 e. The lowest BCUT2D eigenvalue weighted by atomic mass is 9.95. The molecular formula is C23H17Cl2FN2O3S. The first kappa shape index (κ1) is 22.5. The molecule has 0 saturated heterocycles. The molecule has 0 amide bonds. The van der Waals surface area contributed by atoms with Crippen molar-refractivity contribution in [3.63, 3.8) is 0 Å². The Morgan fingerprint density at radius 1 is 1.28 bits per heavy atom. The van der Waals surface area contributed by atoms with E-state index in [1.807, 2.05) is 0 Å². The molecule has 164 valence electrons. The molecule has 3 aromatic rings. The molecule has 32 heavy (non-hydrogen) atoms. The summed E-state index contributed by atoms with van der Waals surface area (Å²) in [6.45, 7) is 3.46. The van der Waals surface area contributed by atoms with Gasteiger partial charge in [-0.3, -0.25) is 9.36 Å². The molecule has 1 unspecified atom stereocenters. The van der Waals surface area contributed by atoms with Gasteiger partial charge in [0.25, 0.3) is 5.56 Å². The fourth-order valence-electron chi connectivity index (χ4n) is 3.54. The number of nitrogens with zero attached hydrogens (tertiary/aromatic N) is 2. The topological polar surface area (TPSA) is 60.7 Å². The number of ether oxygens (including phenoxy) is 1. The Hall–Kier alpha value is -2.74. The van der Waals surface area contributed by atoms with Crippen LogP contribution in [0, 0.1) is 5.82 Å². The summed E-state index contributed by atoms with van der Waals surface area (Å²) in [5.74, 6) is -1.18. The van der Waals surface area contributed by atoms with Gasteiger partial charge in [-0.15, -0.1) is 0 Å². The first-order chi connectivity index (χ1) is 15.3. The highest BCUT2D eigenvalue weighted by atomic mass is 35.5. The van der Waals surface area contributed by atoms with Crippen LogP contribution in [0.2, 0.25) is 10.0 Å². The largest absolute Gasteiger partial charge is 0.463 e. The van der Waals surface area contributed by atoms with Gasteiger partial charge in [0.2, 0.25) is 0 Å². The first-order valence-electron chi connectivity index (χ1n) is 9.71. The van der Waals surface area contributed by atoms with Crippen LogP contribution in [0.15, 0.2) is 63.5 Å². The van der Waals surface area contributed by atoms with Crippen molar-refractivity contribution in [1.29, 1.82) is 0 Å². The Kier molecular flexibility index (Phi) is 6.33. The van der Waals surface area contributed by atoms with Crippen LogP contribution in [0.1, 0.15) is 31.0 Å². The third-order valence-electron chi connectivity index (χ3n) is 4.97. The molecule has 0 spiro atoms. The lowest BCUT2D eigenvalue weighted by Crippen LogP contribution is -2.40. The van der Waals surface area contributed by atoms with E-state index in [1.54, 1.807) is 56.3 Å². The van der Waals surface area contributed by atoms with E-state index in [0.717, 1.165) is 11.3 Å². The molecule has 0 bridgehead atoms. The Morgan fingerprint density at radius 3 is 2.72 bits per heavy atom. The number of benzene rings is 2. The number of hydrogen-bond acceptors (Lipinski definition) is 5. The summed E-state index contributed by atoms with van der Waals surface area (Å²) in [7, 11) is 0. The zero-order valence-electron chi connectivity index (χ0n) is 17.1. The fourth-order valence-corrected chi connectivity index (χ4v) is 5.04. The summed E-state index contributed by atoms with van der Waals surface area (Å²) in [5, 5.41) is 0.861. The lowest BCUT2D eigenvalue weighted by Gasteiger charge is -2.24. The number of hydrogen-bond donors (Lipinski definition) is 0. The van der Waals surface area contributed by atoms with Gasteiger partial charge in [-0.1, -0.05) is 58.8 Å². The average Bonchev–Trinajstić information content (AvgIpc) is 3.04. The second kappa shape index (κ2) is 9.02. The van der Waals surface area contributed by atoms with E-state index in [-0.39, 0.29) is 17.7 Å². The van der Waals surface area contributed by atoms with Gasteiger partial charge < -0.3 is 4.74 Å². The smallest absolute Gasteiger partial charge is 0.338 e. The number of aromatic nitrogens is 1. The maximum absolute atomic E-state index is 14.8. The predicted molar refractivity (Wildman–Crippen MR) is 123 cm³/mol. The maximum Gasteiger partial charge on any atom is 0.338 e. The zero-order valence-corrected chi connectivity index (χ0v) is 19.4. The van der Waals surface area contributed by atoms with Crippen molar-refractivity contribution in [2.45, 2.75) is 19.9 Å². The number of allylic oxidation sites excluding steroid dienone is 1. The van der Waals surface area contributed by atoms with Gasteiger partial charge >= 0.3 is 5.97 Å². The minimum atomic E-state index is -1.01. The number of fused-ring (bicyclic) bond motifs is 1. The Bertz CT molecular complexity index is 1440. The van der Waals surface area contributed by atoms with Crippen molar-refractivity contribution < 1.29 is 13.9 Å². The number of carbonyl (C=O) groups is 1. The maximum atomic E-state index is 14.8. The highest BCUT2D eigenvalue weighted by Gasteiger charge is 2.34. The van der Waals surface area contributed by atoms with Crippen molar-refractivity contribution >= 4 is 46.6 Å². The number of halogens is 3. The van der Waals surface area contributed by atoms with E-state index >= 15 is 0 Å². The second-order valence-electron chi connectivity index (χ2n) is 6.99.